The lowest BCUT2D eigenvalue weighted by atomic mass is 10.2. The van der Waals surface area contributed by atoms with Gasteiger partial charge in [0.25, 0.3) is 0 Å². The number of sulfone groups is 1. The zero-order valence-corrected chi connectivity index (χ0v) is 12.2. The number of nitrogens with zero attached hydrogens (tertiary/aromatic N) is 1. The monoisotopic (exact) mass is 299 g/mol. The summed E-state index contributed by atoms with van der Waals surface area (Å²) in [6, 6.07) is 3.35. The Morgan fingerprint density at radius 1 is 1.45 bits per heavy atom. The molecule has 1 heterocycles. The Labute approximate surface area is 118 Å². The van der Waals surface area contributed by atoms with Crippen LogP contribution in [-0.2, 0) is 14.6 Å². The zero-order chi connectivity index (χ0) is 15.2. The third kappa shape index (κ3) is 5.40. The van der Waals surface area contributed by atoms with E-state index in [2.05, 4.69) is 4.98 Å². The average Bonchev–Trinajstić information content (AvgIpc) is 2.38. The van der Waals surface area contributed by atoms with Crippen LogP contribution in [0.1, 0.15) is 18.3 Å². The van der Waals surface area contributed by atoms with Crippen molar-refractivity contribution >= 4 is 21.9 Å². The van der Waals surface area contributed by atoms with Crippen LogP contribution < -0.4 is 4.74 Å². The summed E-state index contributed by atoms with van der Waals surface area (Å²) in [6.07, 6.45) is 2.27. The van der Waals surface area contributed by atoms with Crippen LogP contribution in [0.3, 0.4) is 0 Å². The minimum absolute atomic E-state index is 0.00876. The molecule has 1 N–H and O–H groups in total. The maximum atomic E-state index is 11.4. The Bertz CT molecular complexity index is 607. The lowest BCUT2D eigenvalue weighted by molar-refractivity contribution is -0.131. The zero-order valence-electron chi connectivity index (χ0n) is 11.4. The number of ether oxygens (including phenoxy) is 1. The van der Waals surface area contributed by atoms with Gasteiger partial charge in [-0.3, -0.25) is 0 Å². The number of aromatic nitrogens is 1. The molecule has 0 spiro atoms. The van der Waals surface area contributed by atoms with E-state index in [9.17, 15) is 13.2 Å². The normalized spacial score (nSPS) is 11.7. The van der Waals surface area contributed by atoms with E-state index in [0.29, 0.717) is 17.1 Å². The molecule has 110 valence electrons. The molecular weight excluding hydrogens is 282 g/mol. The number of aliphatic carboxylic acids is 1. The van der Waals surface area contributed by atoms with Crippen molar-refractivity contribution in [2.24, 2.45) is 0 Å². The standard InChI is InChI=1S/C13H17NO5S/c1-3-20(17,18)9-8-19-12-6-4-10(2)14-11(12)5-7-13(15)16/h4-7H,3,8-9H2,1-2H3,(H,15,16). The third-order valence-electron chi connectivity index (χ3n) is 2.50. The fraction of sp³-hybridized carbons (Fsp3) is 0.385. The maximum Gasteiger partial charge on any atom is 0.328 e. The summed E-state index contributed by atoms with van der Waals surface area (Å²) in [5, 5.41) is 8.61. The first kappa shape index (κ1) is 16.2. The van der Waals surface area contributed by atoms with E-state index in [-0.39, 0.29) is 18.1 Å². The van der Waals surface area contributed by atoms with Gasteiger partial charge in [0.2, 0.25) is 0 Å². The van der Waals surface area contributed by atoms with Crippen LogP contribution in [0.25, 0.3) is 6.08 Å². The Hall–Kier alpha value is -1.89. The SMILES string of the molecule is CCS(=O)(=O)CCOc1ccc(C)nc1C=CC(=O)O. The molecule has 0 aliphatic carbocycles. The lowest BCUT2D eigenvalue weighted by Gasteiger charge is -2.09. The summed E-state index contributed by atoms with van der Waals surface area (Å²) in [7, 11) is -3.09. The molecule has 0 saturated heterocycles. The molecular formula is C13H17NO5S. The maximum absolute atomic E-state index is 11.4. The Morgan fingerprint density at radius 2 is 2.15 bits per heavy atom. The van der Waals surface area contributed by atoms with Gasteiger partial charge in [0.05, 0.1) is 5.75 Å². The van der Waals surface area contributed by atoms with Crippen molar-refractivity contribution in [2.75, 3.05) is 18.1 Å². The average molecular weight is 299 g/mol. The molecule has 7 heteroatoms. The van der Waals surface area contributed by atoms with Crippen LogP contribution >= 0.6 is 0 Å². The molecule has 0 radical (unpaired) electrons. The van der Waals surface area contributed by atoms with Crippen LogP contribution in [0.2, 0.25) is 0 Å². The van der Waals surface area contributed by atoms with Crippen molar-refractivity contribution in [3.63, 3.8) is 0 Å². The number of rotatable bonds is 7. The van der Waals surface area contributed by atoms with E-state index in [1.807, 2.05) is 0 Å². The van der Waals surface area contributed by atoms with Gasteiger partial charge < -0.3 is 9.84 Å². The van der Waals surface area contributed by atoms with Crippen molar-refractivity contribution in [1.82, 2.24) is 4.98 Å². The molecule has 0 atom stereocenters. The van der Waals surface area contributed by atoms with Gasteiger partial charge in [0.15, 0.2) is 9.84 Å². The van der Waals surface area contributed by atoms with Gasteiger partial charge in [0, 0.05) is 17.5 Å². The van der Waals surface area contributed by atoms with Crippen LogP contribution in [0.4, 0.5) is 0 Å². The van der Waals surface area contributed by atoms with Crippen molar-refractivity contribution in [1.29, 1.82) is 0 Å². The van der Waals surface area contributed by atoms with Gasteiger partial charge in [-0.05, 0) is 25.1 Å². The summed E-state index contributed by atoms with van der Waals surface area (Å²) in [5.74, 6) is -0.750. The van der Waals surface area contributed by atoms with Gasteiger partial charge in [-0.2, -0.15) is 0 Å². The van der Waals surface area contributed by atoms with Crippen molar-refractivity contribution in [3.8, 4) is 5.75 Å². The predicted octanol–water partition coefficient (Wildman–Crippen LogP) is 1.30. The smallest absolute Gasteiger partial charge is 0.328 e. The summed E-state index contributed by atoms with van der Waals surface area (Å²) in [4.78, 5) is 14.7. The molecule has 0 aliphatic rings. The van der Waals surface area contributed by atoms with Gasteiger partial charge in [0.1, 0.15) is 18.1 Å². The van der Waals surface area contributed by atoms with Crippen molar-refractivity contribution in [2.45, 2.75) is 13.8 Å². The topological polar surface area (TPSA) is 93.6 Å². The Balaban J connectivity index is 2.81. The molecule has 1 aromatic rings. The molecule has 0 amide bonds. The van der Waals surface area contributed by atoms with Gasteiger partial charge in [-0.1, -0.05) is 6.92 Å². The molecule has 0 fully saturated rings. The minimum Gasteiger partial charge on any atom is -0.490 e. The van der Waals surface area contributed by atoms with E-state index in [1.54, 1.807) is 26.0 Å². The highest BCUT2D eigenvalue weighted by atomic mass is 32.2. The highest BCUT2D eigenvalue weighted by molar-refractivity contribution is 7.91. The van der Waals surface area contributed by atoms with Crippen molar-refractivity contribution in [3.05, 3.63) is 29.6 Å². The number of hydrogen-bond donors (Lipinski definition) is 1. The molecule has 20 heavy (non-hydrogen) atoms. The fourth-order valence-electron chi connectivity index (χ4n) is 1.38. The lowest BCUT2D eigenvalue weighted by Crippen LogP contribution is -2.16. The predicted molar refractivity (Wildman–Crippen MR) is 75.5 cm³/mol. The van der Waals surface area contributed by atoms with Crippen LogP contribution in [0, 0.1) is 6.92 Å². The first-order valence-electron chi connectivity index (χ1n) is 6.06. The molecule has 0 bridgehead atoms. The molecule has 6 nitrogen and oxygen atoms in total. The van der Waals surface area contributed by atoms with Crippen LogP contribution in [0.15, 0.2) is 18.2 Å². The number of carbonyl (C=O) groups is 1. The van der Waals surface area contributed by atoms with Crippen molar-refractivity contribution < 1.29 is 23.1 Å². The second kappa shape index (κ2) is 7.04. The number of hydrogen-bond acceptors (Lipinski definition) is 5. The molecule has 0 aromatic carbocycles. The van der Waals surface area contributed by atoms with E-state index in [1.165, 1.54) is 6.08 Å². The van der Waals surface area contributed by atoms with E-state index in [4.69, 9.17) is 9.84 Å². The second-order valence-electron chi connectivity index (χ2n) is 4.09. The fourth-order valence-corrected chi connectivity index (χ4v) is 2.00. The molecule has 0 unspecified atom stereocenters. The van der Waals surface area contributed by atoms with E-state index in [0.717, 1.165) is 6.08 Å². The Kier molecular flexibility index (Phi) is 5.69. The number of carboxylic acids is 1. The summed E-state index contributed by atoms with van der Waals surface area (Å²) >= 11 is 0. The summed E-state index contributed by atoms with van der Waals surface area (Å²) in [5.41, 5.74) is 1.07. The quantitative estimate of drug-likeness (QED) is 0.763. The van der Waals surface area contributed by atoms with Crippen LogP contribution in [-0.4, -0.2) is 42.6 Å². The third-order valence-corrected chi connectivity index (χ3v) is 4.17. The number of carboxylic acid groups (broad SMARTS) is 1. The highest BCUT2D eigenvalue weighted by Gasteiger charge is 2.09. The largest absolute Gasteiger partial charge is 0.490 e. The first-order valence-corrected chi connectivity index (χ1v) is 7.88. The number of pyridine rings is 1. The highest BCUT2D eigenvalue weighted by Crippen LogP contribution is 2.18. The first-order chi connectivity index (χ1) is 9.34. The summed E-state index contributed by atoms with van der Waals surface area (Å²) in [6.45, 7) is 3.35. The molecule has 0 saturated carbocycles. The number of aryl methyl sites for hydroxylation is 1. The van der Waals surface area contributed by atoms with E-state index >= 15 is 0 Å². The van der Waals surface area contributed by atoms with Gasteiger partial charge >= 0.3 is 5.97 Å². The molecule has 1 aromatic heterocycles. The summed E-state index contributed by atoms with van der Waals surface area (Å²) < 4.78 is 28.1. The van der Waals surface area contributed by atoms with Crippen LogP contribution in [0.5, 0.6) is 5.75 Å². The van der Waals surface area contributed by atoms with E-state index < -0.39 is 15.8 Å². The Morgan fingerprint density at radius 3 is 2.75 bits per heavy atom. The second-order valence-corrected chi connectivity index (χ2v) is 6.57. The van der Waals surface area contributed by atoms with Gasteiger partial charge in [-0.25, -0.2) is 18.2 Å². The minimum atomic E-state index is -3.09. The van der Waals surface area contributed by atoms with Gasteiger partial charge in [-0.15, -0.1) is 0 Å². The molecule has 0 aliphatic heterocycles. The molecule has 1 rings (SSSR count).